The fourth-order valence-corrected chi connectivity index (χ4v) is 2.03. The van der Waals surface area contributed by atoms with Crippen LogP contribution in [0.3, 0.4) is 0 Å². The molecule has 0 radical (unpaired) electrons. The molecule has 0 spiro atoms. The zero-order valence-corrected chi connectivity index (χ0v) is 13.5. The first kappa shape index (κ1) is 17.7. The summed E-state index contributed by atoms with van der Waals surface area (Å²) in [6.07, 6.45) is 24.9. The highest BCUT2D eigenvalue weighted by Crippen LogP contribution is 2.03. The van der Waals surface area contributed by atoms with Crippen LogP contribution in [0.1, 0.15) is 64.7 Å². The van der Waals surface area contributed by atoms with Crippen LogP contribution >= 0.6 is 15.9 Å². The molecule has 0 nitrogen and oxygen atoms in total. The number of rotatable bonds is 12. The minimum Gasteiger partial charge on any atom is -0.0928 e. The number of allylic oxidation sites excluding steroid dienone is 6. The molecule has 0 atom stereocenters. The highest BCUT2D eigenvalue weighted by atomic mass is 79.9. The van der Waals surface area contributed by atoms with Gasteiger partial charge < -0.3 is 0 Å². The first-order chi connectivity index (χ1) is 8.91. The van der Waals surface area contributed by atoms with Gasteiger partial charge in [-0.3, -0.25) is 0 Å². The molecule has 0 aliphatic heterocycles. The molecule has 18 heavy (non-hydrogen) atoms. The van der Waals surface area contributed by atoms with Gasteiger partial charge in [-0.15, -0.1) is 0 Å². The van der Waals surface area contributed by atoms with Crippen molar-refractivity contribution < 1.29 is 0 Å². The normalized spacial score (nSPS) is 12.3. The monoisotopic (exact) mass is 312 g/mol. The van der Waals surface area contributed by atoms with Gasteiger partial charge in [0.05, 0.1) is 0 Å². The van der Waals surface area contributed by atoms with Crippen LogP contribution < -0.4 is 0 Å². The first-order valence-corrected chi connectivity index (χ1v) is 8.55. The Kier molecular flexibility index (Phi) is 16.4. The van der Waals surface area contributed by atoms with Gasteiger partial charge in [0.15, 0.2) is 0 Å². The summed E-state index contributed by atoms with van der Waals surface area (Å²) in [7, 11) is 0. The first-order valence-electron chi connectivity index (χ1n) is 7.42. The topological polar surface area (TPSA) is 0 Å². The smallest absolute Gasteiger partial charge is 0.00313 e. The van der Waals surface area contributed by atoms with E-state index >= 15 is 0 Å². The van der Waals surface area contributed by atoms with Gasteiger partial charge in [-0.1, -0.05) is 78.6 Å². The maximum Gasteiger partial charge on any atom is 0.00313 e. The number of hydrogen-bond donors (Lipinski definition) is 0. The van der Waals surface area contributed by atoms with Gasteiger partial charge in [0.1, 0.15) is 0 Å². The zero-order chi connectivity index (χ0) is 13.3. The van der Waals surface area contributed by atoms with Gasteiger partial charge in [-0.25, -0.2) is 0 Å². The van der Waals surface area contributed by atoms with Gasteiger partial charge >= 0.3 is 0 Å². The van der Waals surface area contributed by atoms with Crippen LogP contribution in [0.2, 0.25) is 0 Å². The van der Waals surface area contributed by atoms with Gasteiger partial charge in [-0.2, -0.15) is 0 Å². The van der Waals surface area contributed by atoms with E-state index in [4.69, 9.17) is 0 Å². The van der Waals surface area contributed by atoms with Crippen molar-refractivity contribution in [3.05, 3.63) is 36.5 Å². The van der Waals surface area contributed by atoms with E-state index in [1.807, 2.05) is 0 Å². The summed E-state index contributed by atoms with van der Waals surface area (Å²) in [6.45, 7) is 2.24. The summed E-state index contributed by atoms with van der Waals surface area (Å²) in [6, 6.07) is 0. The molecule has 0 aliphatic carbocycles. The number of hydrogen-bond acceptors (Lipinski definition) is 0. The van der Waals surface area contributed by atoms with E-state index in [2.05, 4.69) is 59.3 Å². The third-order valence-electron chi connectivity index (χ3n) is 2.77. The summed E-state index contributed by atoms with van der Waals surface area (Å²) in [5, 5.41) is 1.14. The molecule has 0 aromatic carbocycles. The average molecular weight is 313 g/mol. The highest BCUT2D eigenvalue weighted by Gasteiger charge is 1.84. The number of alkyl halides is 1. The molecule has 0 heterocycles. The average Bonchev–Trinajstić information content (AvgIpc) is 2.39. The standard InChI is InChI=1S/C17H29Br/c1-2-3-4-5-6-7-8-9-10-11-12-13-14-15-16-17-18/h5-6,8-9,11-12H,2-4,7,10,13-17H2,1H3. The summed E-state index contributed by atoms with van der Waals surface area (Å²) in [5.41, 5.74) is 0. The van der Waals surface area contributed by atoms with Crippen molar-refractivity contribution >= 4 is 15.9 Å². The maximum absolute atomic E-state index is 3.45. The van der Waals surface area contributed by atoms with Crippen LogP contribution in [0, 0.1) is 0 Å². The van der Waals surface area contributed by atoms with Crippen LogP contribution in [0.15, 0.2) is 36.5 Å². The third kappa shape index (κ3) is 15.7. The second-order valence-electron chi connectivity index (χ2n) is 4.57. The van der Waals surface area contributed by atoms with Crippen LogP contribution in [0.25, 0.3) is 0 Å². The predicted octanol–water partition coefficient (Wildman–Crippen LogP) is 6.58. The number of halogens is 1. The van der Waals surface area contributed by atoms with E-state index in [9.17, 15) is 0 Å². The molecule has 0 fully saturated rings. The molecule has 0 saturated heterocycles. The Morgan fingerprint density at radius 2 is 1.22 bits per heavy atom. The Bertz CT molecular complexity index is 226. The van der Waals surface area contributed by atoms with Gasteiger partial charge in [0.2, 0.25) is 0 Å². The van der Waals surface area contributed by atoms with Crippen molar-refractivity contribution in [2.75, 3.05) is 5.33 Å². The summed E-state index contributed by atoms with van der Waals surface area (Å²) in [4.78, 5) is 0. The largest absolute Gasteiger partial charge is 0.0928 e. The summed E-state index contributed by atoms with van der Waals surface area (Å²) < 4.78 is 0. The lowest BCUT2D eigenvalue weighted by Crippen LogP contribution is -1.75. The van der Waals surface area contributed by atoms with Crippen molar-refractivity contribution in [1.82, 2.24) is 0 Å². The Morgan fingerprint density at radius 3 is 1.78 bits per heavy atom. The van der Waals surface area contributed by atoms with E-state index in [1.54, 1.807) is 0 Å². The third-order valence-corrected chi connectivity index (χ3v) is 3.33. The Balaban J connectivity index is 3.26. The van der Waals surface area contributed by atoms with Crippen molar-refractivity contribution in [3.8, 4) is 0 Å². The van der Waals surface area contributed by atoms with E-state index in [1.165, 1.54) is 44.9 Å². The minimum absolute atomic E-state index is 1.08. The van der Waals surface area contributed by atoms with Crippen LogP contribution in [-0.2, 0) is 0 Å². The molecule has 104 valence electrons. The van der Waals surface area contributed by atoms with Gasteiger partial charge in [-0.05, 0) is 38.5 Å². The highest BCUT2D eigenvalue weighted by molar-refractivity contribution is 9.09. The van der Waals surface area contributed by atoms with Crippen molar-refractivity contribution in [2.45, 2.75) is 64.7 Å². The van der Waals surface area contributed by atoms with E-state index in [0.717, 1.165) is 18.2 Å². The second kappa shape index (κ2) is 16.7. The van der Waals surface area contributed by atoms with E-state index in [-0.39, 0.29) is 0 Å². The summed E-state index contributed by atoms with van der Waals surface area (Å²) in [5.74, 6) is 0. The molecular formula is C17H29Br. The molecule has 0 unspecified atom stereocenters. The molecule has 0 amide bonds. The fraction of sp³-hybridized carbons (Fsp3) is 0.647. The molecule has 1 heteroatoms. The lowest BCUT2D eigenvalue weighted by Gasteiger charge is -1.92. The number of unbranched alkanes of at least 4 members (excludes halogenated alkanes) is 5. The van der Waals surface area contributed by atoms with Crippen LogP contribution in [0.4, 0.5) is 0 Å². The minimum atomic E-state index is 1.08. The van der Waals surface area contributed by atoms with E-state index in [0.29, 0.717) is 0 Å². The van der Waals surface area contributed by atoms with Crippen LogP contribution in [-0.4, -0.2) is 5.33 Å². The van der Waals surface area contributed by atoms with Crippen molar-refractivity contribution in [2.24, 2.45) is 0 Å². The molecule has 0 aromatic heterocycles. The Morgan fingerprint density at radius 1 is 0.667 bits per heavy atom. The van der Waals surface area contributed by atoms with Crippen LogP contribution in [0.5, 0.6) is 0 Å². The zero-order valence-electron chi connectivity index (χ0n) is 11.9. The lowest BCUT2D eigenvalue weighted by molar-refractivity contribution is 0.736. The van der Waals surface area contributed by atoms with Gasteiger partial charge in [0, 0.05) is 5.33 Å². The maximum atomic E-state index is 3.45. The molecule has 0 saturated carbocycles. The molecule has 0 N–H and O–H groups in total. The molecule has 0 aliphatic rings. The predicted molar refractivity (Wildman–Crippen MR) is 88.4 cm³/mol. The quantitative estimate of drug-likeness (QED) is 0.217. The lowest BCUT2D eigenvalue weighted by atomic mass is 10.2. The molecule has 0 aromatic rings. The second-order valence-corrected chi connectivity index (χ2v) is 5.36. The molecular weight excluding hydrogens is 284 g/mol. The fourth-order valence-electron chi connectivity index (χ4n) is 1.63. The van der Waals surface area contributed by atoms with Gasteiger partial charge in [0.25, 0.3) is 0 Å². The van der Waals surface area contributed by atoms with Crippen molar-refractivity contribution in [3.63, 3.8) is 0 Å². The molecule has 0 rings (SSSR count). The SMILES string of the molecule is CCCCC=CCC=CCC=CCCCCCBr. The summed E-state index contributed by atoms with van der Waals surface area (Å²) >= 11 is 3.45. The Hall–Kier alpha value is -0.300. The molecule has 0 bridgehead atoms. The Labute approximate surface area is 122 Å². The van der Waals surface area contributed by atoms with Crippen molar-refractivity contribution in [1.29, 1.82) is 0 Å². The van der Waals surface area contributed by atoms with E-state index < -0.39 is 0 Å².